The highest BCUT2D eigenvalue weighted by atomic mass is 35.5. The van der Waals surface area contributed by atoms with Crippen molar-refractivity contribution in [2.24, 2.45) is 10.7 Å². The Morgan fingerprint density at radius 2 is 2.46 bits per heavy atom. The molecule has 0 aromatic carbocycles. The predicted molar refractivity (Wildman–Crippen MR) is 56.3 cm³/mol. The number of fused-ring (bicyclic) bond motifs is 1. The summed E-state index contributed by atoms with van der Waals surface area (Å²) in [6.07, 6.45) is 3.71. The summed E-state index contributed by atoms with van der Waals surface area (Å²) in [6, 6.07) is 1.89. The van der Waals surface area contributed by atoms with E-state index in [0.717, 1.165) is 11.4 Å². The first-order chi connectivity index (χ1) is 6.15. The van der Waals surface area contributed by atoms with Gasteiger partial charge in [0, 0.05) is 11.8 Å². The predicted octanol–water partition coefficient (Wildman–Crippen LogP) is 1.28. The smallest absolute Gasteiger partial charge is 0.200 e. The maximum Gasteiger partial charge on any atom is 0.200 e. The van der Waals surface area contributed by atoms with Gasteiger partial charge in [0.2, 0.25) is 0 Å². The molecule has 1 atom stereocenters. The molecule has 2 rings (SSSR count). The molecule has 70 valence electrons. The Morgan fingerprint density at radius 1 is 1.69 bits per heavy atom. The minimum Gasteiger partial charge on any atom is -0.346 e. The third kappa shape index (κ3) is 1.33. The van der Waals surface area contributed by atoms with Crippen molar-refractivity contribution in [3.05, 3.63) is 17.8 Å². The number of amidine groups is 1. The van der Waals surface area contributed by atoms with Crippen LogP contribution in [0.25, 0.3) is 0 Å². The zero-order valence-electron chi connectivity index (χ0n) is 6.97. The van der Waals surface area contributed by atoms with Crippen molar-refractivity contribution in [2.75, 3.05) is 6.26 Å². The summed E-state index contributed by atoms with van der Waals surface area (Å²) in [5.74, 6) is 0.723. The molecule has 0 bridgehead atoms. The Bertz CT molecular complexity index is 361. The molecule has 4 N–H and O–H groups in total. The van der Waals surface area contributed by atoms with E-state index in [0.29, 0.717) is 5.29 Å². The summed E-state index contributed by atoms with van der Waals surface area (Å²) >= 11 is 7.27. The summed E-state index contributed by atoms with van der Waals surface area (Å²) in [7, 11) is 0. The van der Waals surface area contributed by atoms with Gasteiger partial charge in [-0.25, -0.2) is 4.99 Å². The molecule has 0 spiro atoms. The van der Waals surface area contributed by atoms with Gasteiger partial charge in [-0.15, -0.1) is 11.8 Å². The van der Waals surface area contributed by atoms with E-state index in [2.05, 4.69) is 15.3 Å². The van der Waals surface area contributed by atoms with Crippen LogP contribution in [0.15, 0.2) is 17.3 Å². The van der Waals surface area contributed by atoms with Crippen LogP contribution in [-0.4, -0.2) is 16.5 Å². The third-order valence-corrected chi connectivity index (χ3v) is 3.09. The van der Waals surface area contributed by atoms with Gasteiger partial charge in [0.25, 0.3) is 0 Å². The number of aliphatic imine (C=N–C) groups is 1. The number of nitrogens with zero attached hydrogens (tertiary/aromatic N) is 1. The van der Waals surface area contributed by atoms with Crippen LogP contribution in [0.1, 0.15) is 5.56 Å². The molecular weight excluding hydrogens is 208 g/mol. The zero-order chi connectivity index (χ0) is 9.47. The lowest BCUT2D eigenvalue weighted by Crippen LogP contribution is -2.50. The molecule has 2 heterocycles. The van der Waals surface area contributed by atoms with Gasteiger partial charge in [0.05, 0.1) is 0 Å². The van der Waals surface area contributed by atoms with E-state index < -0.39 is 4.99 Å². The Balaban J connectivity index is 2.54. The number of halogens is 1. The number of aromatic nitrogens is 1. The van der Waals surface area contributed by atoms with E-state index in [1.165, 1.54) is 11.8 Å². The highest BCUT2D eigenvalue weighted by molar-refractivity contribution is 7.99. The molecule has 4 nitrogen and oxygen atoms in total. The average molecular weight is 217 g/mol. The number of nitrogens with one attached hydrogen (secondary N) is 2. The fraction of sp³-hybridized carbons (Fsp3) is 0.286. The zero-order valence-corrected chi connectivity index (χ0v) is 8.54. The van der Waals surface area contributed by atoms with Gasteiger partial charge in [-0.2, -0.15) is 0 Å². The van der Waals surface area contributed by atoms with E-state index in [9.17, 15) is 0 Å². The molecule has 0 fully saturated rings. The van der Waals surface area contributed by atoms with E-state index in [-0.39, 0.29) is 0 Å². The summed E-state index contributed by atoms with van der Waals surface area (Å²) in [5, 5.41) is 3.23. The lowest BCUT2D eigenvalue weighted by Gasteiger charge is -2.31. The minimum atomic E-state index is -0.672. The topological polar surface area (TPSA) is 66.2 Å². The van der Waals surface area contributed by atoms with Crippen LogP contribution in [0, 0.1) is 0 Å². The van der Waals surface area contributed by atoms with Crippen molar-refractivity contribution < 1.29 is 0 Å². The van der Waals surface area contributed by atoms with Crippen molar-refractivity contribution in [2.45, 2.75) is 4.99 Å². The Morgan fingerprint density at radius 3 is 3.15 bits per heavy atom. The quantitative estimate of drug-likeness (QED) is 0.490. The van der Waals surface area contributed by atoms with Crippen molar-refractivity contribution >= 4 is 34.5 Å². The molecule has 1 unspecified atom stereocenters. The monoisotopic (exact) mass is 216 g/mol. The summed E-state index contributed by atoms with van der Waals surface area (Å²) < 4.78 is 0. The summed E-state index contributed by atoms with van der Waals surface area (Å²) in [4.78, 5) is 6.37. The standard InChI is InChI=1S/C7H9ClN4S/c1-13-7(9)4-2-3-10-5(4)11-6(8)12-7/h2-3,10H,9H2,1H3,(H,11,12). The largest absolute Gasteiger partial charge is 0.346 e. The van der Waals surface area contributed by atoms with Crippen LogP contribution >= 0.6 is 23.4 Å². The van der Waals surface area contributed by atoms with Gasteiger partial charge in [-0.1, -0.05) is 0 Å². The fourth-order valence-electron chi connectivity index (χ4n) is 1.26. The molecule has 13 heavy (non-hydrogen) atoms. The van der Waals surface area contributed by atoms with Crippen LogP contribution < -0.4 is 11.1 Å². The van der Waals surface area contributed by atoms with Crippen molar-refractivity contribution in [1.82, 2.24) is 10.3 Å². The van der Waals surface area contributed by atoms with Gasteiger partial charge in [0.15, 0.2) is 10.3 Å². The van der Waals surface area contributed by atoms with E-state index in [4.69, 9.17) is 17.3 Å². The van der Waals surface area contributed by atoms with Crippen molar-refractivity contribution in [3.8, 4) is 0 Å². The first-order valence-electron chi connectivity index (χ1n) is 3.70. The summed E-state index contributed by atoms with van der Waals surface area (Å²) in [5.41, 5.74) is 6.99. The van der Waals surface area contributed by atoms with Gasteiger partial charge < -0.3 is 10.3 Å². The lowest BCUT2D eigenvalue weighted by molar-refractivity contribution is 0.611. The van der Waals surface area contributed by atoms with Crippen LogP contribution in [0.3, 0.4) is 0 Å². The SMILES string of the molecule is CSC1(N)NC(Cl)=Nc2[nH]ccc21. The molecule has 1 aliphatic heterocycles. The number of nitrogens with two attached hydrogens (primary N) is 1. The molecule has 1 aromatic heterocycles. The molecule has 1 aliphatic rings. The van der Waals surface area contributed by atoms with E-state index in [1.807, 2.05) is 12.3 Å². The van der Waals surface area contributed by atoms with Gasteiger partial charge in [-0.05, 0) is 23.9 Å². The van der Waals surface area contributed by atoms with Crippen LogP contribution in [-0.2, 0) is 4.99 Å². The number of hydrogen-bond donors (Lipinski definition) is 3. The molecule has 0 saturated heterocycles. The third-order valence-electron chi connectivity index (χ3n) is 1.95. The van der Waals surface area contributed by atoms with Crippen LogP contribution in [0.5, 0.6) is 0 Å². The Hall–Kier alpha value is -0.650. The fourth-order valence-corrected chi connectivity index (χ4v) is 2.13. The van der Waals surface area contributed by atoms with Gasteiger partial charge in [0.1, 0.15) is 5.82 Å². The highest BCUT2D eigenvalue weighted by Gasteiger charge is 2.33. The molecule has 0 aliphatic carbocycles. The minimum absolute atomic E-state index is 0.312. The first-order valence-corrected chi connectivity index (χ1v) is 5.30. The summed E-state index contributed by atoms with van der Waals surface area (Å²) in [6.45, 7) is 0. The highest BCUT2D eigenvalue weighted by Crippen LogP contribution is 2.35. The van der Waals surface area contributed by atoms with Gasteiger partial charge in [-0.3, -0.25) is 5.73 Å². The molecular formula is C7H9ClN4S. The second-order valence-electron chi connectivity index (χ2n) is 2.71. The second-order valence-corrected chi connectivity index (χ2v) is 4.12. The average Bonchev–Trinajstić information content (AvgIpc) is 2.52. The maximum atomic E-state index is 6.07. The van der Waals surface area contributed by atoms with E-state index >= 15 is 0 Å². The number of hydrogen-bond acceptors (Lipinski definition) is 4. The molecule has 0 radical (unpaired) electrons. The number of thioether (sulfide) groups is 1. The molecule has 1 aromatic rings. The van der Waals surface area contributed by atoms with E-state index in [1.54, 1.807) is 6.20 Å². The second kappa shape index (κ2) is 2.94. The number of H-pyrrole nitrogens is 1. The van der Waals surface area contributed by atoms with Crippen molar-refractivity contribution in [3.63, 3.8) is 0 Å². The Kier molecular flexibility index (Phi) is 2.02. The van der Waals surface area contributed by atoms with Crippen LogP contribution in [0.4, 0.5) is 5.82 Å². The number of aromatic amines is 1. The van der Waals surface area contributed by atoms with Crippen LogP contribution in [0.2, 0.25) is 0 Å². The number of rotatable bonds is 1. The molecule has 0 saturated carbocycles. The normalized spacial score (nSPS) is 26.2. The van der Waals surface area contributed by atoms with Crippen molar-refractivity contribution in [1.29, 1.82) is 0 Å². The van der Waals surface area contributed by atoms with Gasteiger partial charge >= 0.3 is 0 Å². The Labute approximate surface area is 84.9 Å². The molecule has 0 amide bonds. The maximum absolute atomic E-state index is 6.07. The lowest BCUT2D eigenvalue weighted by atomic mass is 10.2. The first kappa shape index (κ1) is 8.93. The molecule has 6 heteroatoms.